The van der Waals surface area contributed by atoms with Crippen LogP contribution in [0.4, 0.5) is 0 Å². The molecule has 0 saturated carbocycles. The van der Waals surface area contributed by atoms with E-state index in [4.69, 9.17) is 14.2 Å². The summed E-state index contributed by atoms with van der Waals surface area (Å²) in [7, 11) is -3.83. The summed E-state index contributed by atoms with van der Waals surface area (Å²) >= 11 is 0. The number of nitrogens with zero attached hydrogens (tertiary/aromatic N) is 1. The van der Waals surface area contributed by atoms with Gasteiger partial charge in [-0.3, -0.25) is 9.59 Å². The largest absolute Gasteiger partial charge is 0.494 e. The molecule has 0 radical (unpaired) electrons. The molecule has 2 aromatic carbocycles. The lowest BCUT2D eigenvalue weighted by Gasteiger charge is -2.22. The molecular formula is C24H30N2O7S. The Labute approximate surface area is 200 Å². The standard InChI is InChI=1S/C24H30N2O7S/c1-3-31-19-8-10-20(11-9-19)32-16-14-25-23(27)17-33-24(28)22-5-4-15-26(22)34(29,30)21-12-6-18(2)7-13-21/h6-13,22H,3-5,14-17H2,1-2H3,(H,25,27)/t22-/m0/s1. The van der Waals surface area contributed by atoms with Crippen LogP contribution < -0.4 is 14.8 Å². The van der Waals surface area contributed by atoms with Gasteiger partial charge >= 0.3 is 5.97 Å². The van der Waals surface area contributed by atoms with Crippen molar-refractivity contribution in [2.45, 2.75) is 37.6 Å². The molecule has 1 heterocycles. The van der Waals surface area contributed by atoms with Crippen molar-refractivity contribution in [3.05, 3.63) is 54.1 Å². The number of carbonyl (C=O) groups excluding carboxylic acids is 2. The second kappa shape index (κ2) is 11.8. The highest BCUT2D eigenvalue weighted by Crippen LogP contribution is 2.27. The summed E-state index contributed by atoms with van der Waals surface area (Å²) in [5.74, 6) is 0.168. The minimum atomic E-state index is -3.83. The van der Waals surface area contributed by atoms with E-state index < -0.39 is 34.5 Å². The Bertz CT molecular complexity index is 1070. The lowest BCUT2D eigenvalue weighted by atomic mass is 10.2. The summed E-state index contributed by atoms with van der Waals surface area (Å²) in [5.41, 5.74) is 0.937. The minimum absolute atomic E-state index is 0.128. The number of nitrogens with one attached hydrogen (secondary N) is 1. The van der Waals surface area contributed by atoms with Gasteiger partial charge in [0.15, 0.2) is 6.61 Å². The van der Waals surface area contributed by atoms with Gasteiger partial charge in [-0.15, -0.1) is 0 Å². The van der Waals surface area contributed by atoms with Crippen LogP contribution in [-0.4, -0.2) is 63.6 Å². The number of rotatable bonds is 11. The fourth-order valence-electron chi connectivity index (χ4n) is 3.55. The number of ether oxygens (including phenoxy) is 3. The van der Waals surface area contributed by atoms with Gasteiger partial charge in [0, 0.05) is 6.54 Å². The van der Waals surface area contributed by atoms with E-state index in [-0.39, 0.29) is 24.6 Å². The lowest BCUT2D eigenvalue weighted by Crippen LogP contribution is -2.42. The van der Waals surface area contributed by atoms with Crippen molar-refractivity contribution in [1.82, 2.24) is 9.62 Å². The number of benzene rings is 2. The van der Waals surface area contributed by atoms with Crippen LogP contribution in [0.1, 0.15) is 25.3 Å². The summed E-state index contributed by atoms with van der Waals surface area (Å²) in [6, 6.07) is 12.6. The molecule has 1 saturated heterocycles. The molecule has 1 atom stereocenters. The number of carbonyl (C=O) groups is 2. The number of aryl methyl sites for hydroxylation is 1. The van der Waals surface area contributed by atoms with Crippen LogP contribution in [-0.2, 0) is 24.3 Å². The van der Waals surface area contributed by atoms with Crippen LogP contribution in [0.15, 0.2) is 53.4 Å². The Morgan fingerprint density at radius 2 is 1.68 bits per heavy atom. The monoisotopic (exact) mass is 490 g/mol. The quantitative estimate of drug-likeness (QED) is 0.380. The van der Waals surface area contributed by atoms with Gasteiger partial charge in [0.05, 0.1) is 18.0 Å². The maximum Gasteiger partial charge on any atom is 0.324 e. The fraction of sp³-hybridized carbons (Fsp3) is 0.417. The van der Waals surface area contributed by atoms with E-state index in [2.05, 4.69) is 5.32 Å². The van der Waals surface area contributed by atoms with Crippen molar-refractivity contribution < 1.29 is 32.2 Å². The lowest BCUT2D eigenvalue weighted by molar-refractivity contribution is -0.151. The van der Waals surface area contributed by atoms with Gasteiger partial charge in [0.2, 0.25) is 10.0 Å². The van der Waals surface area contributed by atoms with Crippen LogP contribution in [0, 0.1) is 6.92 Å². The van der Waals surface area contributed by atoms with E-state index in [1.165, 1.54) is 12.1 Å². The molecule has 1 fully saturated rings. The van der Waals surface area contributed by atoms with Crippen molar-refractivity contribution in [3.63, 3.8) is 0 Å². The molecule has 2 aromatic rings. The number of sulfonamides is 1. The molecule has 3 rings (SSSR count). The van der Waals surface area contributed by atoms with Gasteiger partial charge in [0.25, 0.3) is 5.91 Å². The number of hydrogen-bond donors (Lipinski definition) is 1. The molecule has 184 valence electrons. The Morgan fingerprint density at radius 3 is 2.32 bits per heavy atom. The number of amides is 1. The summed E-state index contributed by atoms with van der Waals surface area (Å²) in [5, 5.41) is 2.61. The van der Waals surface area contributed by atoms with E-state index in [0.717, 1.165) is 15.6 Å². The first-order valence-electron chi connectivity index (χ1n) is 11.2. The maximum absolute atomic E-state index is 13.0. The van der Waals surface area contributed by atoms with Crippen molar-refractivity contribution in [1.29, 1.82) is 0 Å². The normalized spacial score (nSPS) is 16.1. The van der Waals surface area contributed by atoms with E-state index in [1.54, 1.807) is 36.4 Å². The first kappa shape index (κ1) is 25.5. The third kappa shape index (κ3) is 6.71. The average Bonchev–Trinajstić information content (AvgIpc) is 3.33. The van der Waals surface area contributed by atoms with Gasteiger partial charge in [-0.05, 0) is 63.1 Å². The molecule has 0 aliphatic carbocycles. The fourth-order valence-corrected chi connectivity index (χ4v) is 5.20. The zero-order valence-corrected chi connectivity index (χ0v) is 20.2. The predicted molar refractivity (Wildman–Crippen MR) is 125 cm³/mol. The molecule has 10 heteroatoms. The zero-order valence-electron chi connectivity index (χ0n) is 19.4. The molecular weight excluding hydrogens is 460 g/mol. The molecule has 34 heavy (non-hydrogen) atoms. The number of esters is 1. The molecule has 0 spiro atoms. The Morgan fingerprint density at radius 1 is 1.03 bits per heavy atom. The van der Waals surface area contributed by atoms with Gasteiger partial charge in [-0.2, -0.15) is 4.31 Å². The van der Waals surface area contributed by atoms with Crippen molar-refractivity contribution in [2.75, 3.05) is 32.9 Å². The summed E-state index contributed by atoms with van der Waals surface area (Å²) in [6.45, 7) is 4.55. The first-order chi connectivity index (χ1) is 16.3. The van der Waals surface area contributed by atoms with Crippen LogP contribution in [0.3, 0.4) is 0 Å². The topological polar surface area (TPSA) is 111 Å². The average molecular weight is 491 g/mol. The Balaban J connectivity index is 1.42. The summed E-state index contributed by atoms with van der Waals surface area (Å²) in [6.07, 6.45) is 0.890. The molecule has 0 bridgehead atoms. The first-order valence-corrected chi connectivity index (χ1v) is 12.6. The maximum atomic E-state index is 13.0. The van der Waals surface area contributed by atoms with E-state index in [0.29, 0.717) is 25.2 Å². The molecule has 0 aromatic heterocycles. The summed E-state index contributed by atoms with van der Waals surface area (Å²) < 4.78 is 43.1. The molecule has 1 N–H and O–H groups in total. The minimum Gasteiger partial charge on any atom is -0.494 e. The highest BCUT2D eigenvalue weighted by Gasteiger charge is 2.40. The molecule has 9 nitrogen and oxygen atoms in total. The molecule has 1 amide bonds. The highest BCUT2D eigenvalue weighted by molar-refractivity contribution is 7.89. The summed E-state index contributed by atoms with van der Waals surface area (Å²) in [4.78, 5) is 24.7. The second-order valence-corrected chi connectivity index (χ2v) is 9.69. The zero-order chi connectivity index (χ0) is 24.6. The van der Waals surface area contributed by atoms with Crippen LogP contribution >= 0.6 is 0 Å². The molecule has 0 unspecified atom stereocenters. The van der Waals surface area contributed by atoms with Crippen molar-refractivity contribution in [2.24, 2.45) is 0 Å². The third-order valence-electron chi connectivity index (χ3n) is 5.28. The van der Waals surface area contributed by atoms with Gasteiger partial charge in [-0.25, -0.2) is 8.42 Å². The van der Waals surface area contributed by atoms with Crippen LogP contribution in [0.5, 0.6) is 11.5 Å². The number of hydrogen-bond acceptors (Lipinski definition) is 7. The van der Waals surface area contributed by atoms with Crippen molar-refractivity contribution >= 4 is 21.9 Å². The van der Waals surface area contributed by atoms with Crippen molar-refractivity contribution in [3.8, 4) is 11.5 Å². The smallest absolute Gasteiger partial charge is 0.324 e. The Kier molecular flexibility index (Phi) is 8.89. The Hall–Kier alpha value is -3.11. The second-order valence-electron chi connectivity index (χ2n) is 7.80. The van der Waals surface area contributed by atoms with E-state index in [9.17, 15) is 18.0 Å². The highest BCUT2D eigenvalue weighted by atomic mass is 32.2. The molecule has 1 aliphatic rings. The predicted octanol–water partition coefficient (Wildman–Crippen LogP) is 2.29. The molecule has 1 aliphatic heterocycles. The van der Waals surface area contributed by atoms with E-state index in [1.807, 2.05) is 13.8 Å². The van der Waals surface area contributed by atoms with Crippen LogP contribution in [0.25, 0.3) is 0 Å². The van der Waals surface area contributed by atoms with E-state index >= 15 is 0 Å². The van der Waals surface area contributed by atoms with Gasteiger partial charge < -0.3 is 19.5 Å². The van der Waals surface area contributed by atoms with Crippen LogP contribution in [0.2, 0.25) is 0 Å². The third-order valence-corrected chi connectivity index (χ3v) is 7.20. The SMILES string of the molecule is CCOc1ccc(OCCNC(=O)COC(=O)[C@@H]2CCCN2S(=O)(=O)c2ccc(C)cc2)cc1. The van der Waals surface area contributed by atoms with Gasteiger partial charge in [0.1, 0.15) is 24.1 Å². The van der Waals surface area contributed by atoms with Gasteiger partial charge in [-0.1, -0.05) is 17.7 Å².